The summed E-state index contributed by atoms with van der Waals surface area (Å²) in [7, 11) is 1.27. The number of carbonyl (C=O) groups excluding carboxylic acids is 1. The van der Waals surface area contributed by atoms with E-state index in [2.05, 4.69) is 19.2 Å². The Bertz CT molecular complexity index is 1020. The minimum atomic E-state index is -4.58. The van der Waals surface area contributed by atoms with Crippen LogP contribution in [0.2, 0.25) is 0 Å². The Morgan fingerprint density at radius 1 is 0.548 bits per heavy atom. The summed E-state index contributed by atoms with van der Waals surface area (Å²) < 4.78 is 23.2. The molecule has 370 valence electrons. The van der Waals surface area contributed by atoms with Crippen LogP contribution < -0.4 is 10.2 Å². The number of phosphoric acid groups is 1. The molecule has 0 radical (unpaired) electrons. The van der Waals surface area contributed by atoms with Gasteiger partial charge in [0.15, 0.2) is 0 Å². The number of hydrogen-bond acceptors (Lipinski definition) is 6. The average Bonchev–Trinajstić information content (AvgIpc) is 3.23. The van der Waals surface area contributed by atoms with Gasteiger partial charge in [-0.2, -0.15) is 0 Å². The third-order valence-corrected chi connectivity index (χ3v) is 13.5. The lowest BCUT2D eigenvalue weighted by Gasteiger charge is -2.29. The highest BCUT2D eigenvalue weighted by Crippen LogP contribution is 2.38. The van der Waals surface area contributed by atoms with Crippen LogP contribution in [0, 0.1) is 0 Å². The lowest BCUT2D eigenvalue weighted by Crippen LogP contribution is -2.45. The van der Waals surface area contributed by atoms with Gasteiger partial charge >= 0.3 is 0 Å². The molecule has 0 fully saturated rings. The number of phosphoric ester groups is 1. The fourth-order valence-electron chi connectivity index (χ4n) is 8.21. The lowest BCUT2D eigenvalue weighted by molar-refractivity contribution is -0.870. The quantitative estimate of drug-likeness (QED) is 0.0272. The first kappa shape index (κ1) is 61.2. The zero-order valence-electron chi connectivity index (χ0n) is 42.1. The first-order valence-corrected chi connectivity index (χ1v) is 28.5. The first-order valence-electron chi connectivity index (χ1n) is 27.1. The largest absolute Gasteiger partial charge is 0.756 e. The smallest absolute Gasteiger partial charge is 0.268 e. The summed E-state index contributed by atoms with van der Waals surface area (Å²) in [5, 5.41) is 13.7. The molecule has 0 saturated carbocycles. The monoisotopic (exact) mass is 899 g/mol. The van der Waals surface area contributed by atoms with Crippen LogP contribution in [-0.2, 0) is 18.4 Å². The Hall–Kier alpha value is -0.760. The highest BCUT2D eigenvalue weighted by molar-refractivity contribution is 7.45. The van der Waals surface area contributed by atoms with E-state index in [1.807, 2.05) is 27.2 Å². The predicted molar refractivity (Wildman–Crippen MR) is 266 cm³/mol. The summed E-state index contributed by atoms with van der Waals surface area (Å²) in [4.78, 5) is 25.3. The molecule has 62 heavy (non-hydrogen) atoms. The zero-order chi connectivity index (χ0) is 45.7. The molecule has 3 unspecified atom stereocenters. The summed E-state index contributed by atoms with van der Waals surface area (Å²) in [5.74, 6) is -0.195. The molecule has 1 amide bonds. The molecule has 9 heteroatoms. The maximum Gasteiger partial charge on any atom is 0.268 e. The van der Waals surface area contributed by atoms with Gasteiger partial charge in [0.25, 0.3) is 7.82 Å². The van der Waals surface area contributed by atoms with Gasteiger partial charge in [-0.1, -0.05) is 257 Å². The Kier molecular flexibility index (Phi) is 44.8. The number of amides is 1. The van der Waals surface area contributed by atoms with E-state index in [4.69, 9.17) is 9.05 Å². The molecule has 0 aromatic carbocycles. The first-order chi connectivity index (χ1) is 30.0. The topological polar surface area (TPSA) is 108 Å². The van der Waals surface area contributed by atoms with Gasteiger partial charge in [0, 0.05) is 6.42 Å². The van der Waals surface area contributed by atoms with Crippen LogP contribution in [0.5, 0.6) is 0 Å². The van der Waals surface area contributed by atoms with Crippen LogP contribution in [0.4, 0.5) is 0 Å². The molecule has 0 aliphatic heterocycles. The van der Waals surface area contributed by atoms with Crippen molar-refractivity contribution in [2.75, 3.05) is 40.9 Å². The average molecular weight is 899 g/mol. The zero-order valence-corrected chi connectivity index (χ0v) is 43.0. The molecule has 0 aliphatic carbocycles. The fraction of sp³-hybridized carbons (Fsp3) is 0.943. The molecule has 0 rings (SSSR count). The molecule has 0 aromatic rings. The third kappa shape index (κ3) is 47.2. The van der Waals surface area contributed by atoms with Crippen molar-refractivity contribution in [2.24, 2.45) is 0 Å². The predicted octanol–water partition coefficient (Wildman–Crippen LogP) is 15.2. The molecule has 0 aromatic heterocycles. The fourth-order valence-corrected chi connectivity index (χ4v) is 8.94. The van der Waals surface area contributed by atoms with Crippen LogP contribution in [0.3, 0.4) is 0 Å². The van der Waals surface area contributed by atoms with E-state index < -0.39 is 20.0 Å². The molecular weight excluding hydrogens is 792 g/mol. The molecule has 0 aliphatic rings. The Balaban J connectivity index is 3.86. The summed E-state index contributed by atoms with van der Waals surface area (Å²) in [6.07, 6.45) is 54.7. The number of aliphatic hydroxyl groups is 1. The highest BCUT2D eigenvalue weighted by atomic mass is 31.2. The summed E-state index contributed by atoms with van der Waals surface area (Å²) in [5.41, 5.74) is 0. The van der Waals surface area contributed by atoms with Gasteiger partial charge in [0.05, 0.1) is 39.9 Å². The number of allylic oxidation sites excluding steroid dienone is 1. The second-order valence-corrected chi connectivity index (χ2v) is 21.4. The van der Waals surface area contributed by atoms with Gasteiger partial charge in [-0.3, -0.25) is 9.36 Å². The van der Waals surface area contributed by atoms with Gasteiger partial charge in [-0.05, 0) is 19.3 Å². The number of hydrogen-bond donors (Lipinski definition) is 2. The second kappa shape index (κ2) is 45.4. The van der Waals surface area contributed by atoms with E-state index in [0.29, 0.717) is 17.4 Å². The number of nitrogens with zero attached hydrogens (tertiary/aromatic N) is 1. The van der Waals surface area contributed by atoms with Crippen LogP contribution in [0.1, 0.15) is 271 Å². The van der Waals surface area contributed by atoms with Crippen molar-refractivity contribution >= 4 is 13.7 Å². The molecular formula is C53H107N2O6P. The number of nitrogens with one attached hydrogen (secondary N) is 1. The van der Waals surface area contributed by atoms with Crippen molar-refractivity contribution in [1.29, 1.82) is 0 Å². The van der Waals surface area contributed by atoms with Crippen molar-refractivity contribution in [1.82, 2.24) is 5.32 Å². The maximum absolute atomic E-state index is 12.9. The van der Waals surface area contributed by atoms with Crippen LogP contribution in [-0.4, -0.2) is 68.5 Å². The molecule has 3 atom stereocenters. The van der Waals surface area contributed by atoms with E-state index in [0.717, 1.165) is 38.5 Å². The standard InChI is InChI=1S/C53H107N2O6P/c1-6-8-10-12-14-16-17-18-19-20-21-22-23-24-25-26-27-28-29-30-31-32-33-34-35-36-37-38-39-41-43-45-47-53(57)54-51(50-61-62(58,59)60-49-48-55(3,4)5)52(56)46-44-42-40-15-13-11-9-7-2/h44,46,51-52,56H,6-43,45,47-50H2,1-5H3,(H-,54,57,58,59)/b46-44+. The van der Waals surface area contributed by atoms with Gasteiger partial charge < -0.3 is 28.8 Å². The number of likely N-dealkylation sites (N-methyl/N-ethyl adjacent to an activating group) is 1. The normalized spacial score (nSPS) is 14.1. The van der Waals surface area contributed by atoms with Crippen molar-refractivity contribution in [2.45, 2.75) is 283 Å². The maximum atomic E-state index is 12.9. The molecule has 2 N–H and O–H groups in total. The second-order valence-electron chi connectivity index (χ2n) is 19.9. The summed E-state index contributed by atoms with van der Waals surface area (Å²) in [6.45, 7) is 4.63. The van der Waals surface area contributed by atoms with Gasteiger partial charge in [-0.25, -0.2) is 0 Å². The molecule has 0 heterocycles. The van der Waals surface area contributed by atoms with E-state index in [9.17, 15) is 19.4 Å². The van der Waals surface area contributed by atoms with Gasteiger partial charge in [-0.15, -0.1) is 0 Å². The number of quaternary nitrogens is 1. The summed E-state index contributed by atoms with van der Waals surface area (Å²) in [6, 6.07) is -0.879. The highest BCUT2D eigenvalue weighted by Gasteiger charge is 2.23. The van der Waals surface area contributed by atoms with E-state index in [1.165, 1.54) is 212 Å². The van der Waals surface area contributed by atoms with Crippen LogP contribution in [0.25, 0.3) is 0 Å². The van der Waals surface area contributed by atoms with Crippen molar-refractivity contribution in [3.8, 4) is 0 Å². The number of unbranched alkanes of at least 4 members (excludes halogenated alkanes) is 37. The molecule has 0 bridgehead atoms. The summed E-state index contributed by atoms with van der Waals surface area (Å²) >= 11 is 0. The van der Waals surface area contributed by atoms with Gasteiger partial charge in [0.2, 0.25) is 5.91 Å². The molecule has 0 spiro atoms. The Labute approximate surface area is 386 Å². The Morgan fingerprint density at radius 3 is 1.21 bits per heavy atom. The minimum Gasteiger partial charge on any atom is -0.756 e. The lowest BCUT2D eigenvalue weighted by atomic mass is 10.0. The van der Waals surface area contributed by atoms with E-state index >= 15 is 0 Å². The number of aliphatic hydroxyl groups excluding tert-OH is 1. The van der Waals surface area contributed by atoms with E-state index in [1.54, 1.807) is 6.08 Å². The number of carbonyl (C=O) groups is 1. The van der Waals surface area contributed by atoms with E-state index in [-0.39, 0.29) is 19.1 Å². The van der Waals surface area contributed by atoms with Gasteiger partial charge in [0.1, 0.15) is 13.2 Å². The SMILES string of the molecule is CCCCCCCC/C=C/C(O)C(COP(=O)([O-])OCC[N+](C)(C)C)NC(=O)CCCCCCCCCCCCCCCCCCCCCCCCCCCCCCCCCC. The van der Waals surface area contributed by atoms with Crippen molar-refractivity contribution in [3.05, 3.63) is 12.2 Å². The molecule has 8 nitrogen and oxygen atoms in total. The van der Waals surface area contributed by atoms with Crippen molar-refractivity contribution in [3.63, 3.8) is 0 Å². The number of rotatable bonds is 50. The third-order valence-electron chi connectivity index (χ3n) is 12.5. The Morgan fingerprint density at radius 2 is 0.871 bits per heavy atom. The van der Waals surface area contributed by atoms with Crippen molar-refractivity contribution < 1.29 is 32.9 Å². The molecule has 0 saturated heterocycles. The van der Waals surface area contributed by atoms with Crippen LogP contribution >= 0.6 is 7.82 Å². The minimum absolute atomic E-state index is 0.00172. The van der Waals surface area contributed by atoms with Crippen LogP contribution in [0.15, 0.2) is 12.2 Å².